The molecule has 170 valence electrons. The molecule has 0 aliphatic heterocycles. The molecule has 0 amide bonds. The van der Waals surface area contributed by atoms with Gasteiger partial charge in [0.25, 0.3) is 0 Å². The average molecular weight is 421 g/mol. The lowest BCUT2D eigenvalue weighted by atomic mass is 10.0. The van der Waals surface area contributed by atoms with Crippen LogP contribution in [0.5, 0.6) is 11.5 Å². The number of aliphatic hydroxyl groups excluding tert-OH is 1. The van der Waals surface area contributed by atoms with Crippen molar-refractivity contribution in [3.05, 3.63) is 29.8 Å². The second-order valence-electron chi connectivity index (χ2n) is 7.98. The molecule has 5 nitrogen and oxygen atoms in total. The summed E-state index contributed by atoms with van der Waals surface area (Å²) in [5.41, 5.74) is 0.626. The molecule has 0 aromatic heterocycles. The van der Waals surface area contributed by atoms with Gasteiger partial charge in [-0.25, -0.2) is 4.79 Å². The number of esters is 1. The van der Waals surface area contributed by atoms with Crippen LogP contribution in [0.15, 0.2) is 24.3 Å². The fourth-order valence-corrected chi connectivity index (χ4v) is 3.44. The van der Waals surface area contributed by atoms with Crippen LogP contribution in [0.25, 0.3) is 6.08 Å². The minimum absolute atomic E-state index is 0.0607. The van der Waals surface area contributed by atoms with Crippen LogP contribution < -0.4 is 0 Å². The van der Waals surface area contributed by atoms with E-state index in [-0.39, 0.29) is 30.2 Å². The number of phenols is 2. The van der Waals surface area contributed by atoms with Crippen molar-refractivity contribution >= 4 is 12.0 Å². The van der Waals surface area contributed by atoms with Gasteiger partial charge < -0.3 is 20.1 Å². The van der Waals surface area contributed by atoms with Gasteiger partial charge in [-0.05, 0) is 55.9 Å². The van der Waals surface area contributed by atoms with Crippen LogP contribution in [0.2, 0.25) is 0 Å². The van der Waals surface area contributed by atoms with Crippen molar-refractivity contribution in [1.82, 2.24) is 0 Å². The van der Waals surface area contributed by atoms with Crippen molar-refractivity contribution in [3.63, 3.8) is 0 Å². The lowest BCUT2D eigenvalue weighted by molar-refractivity contribution is -0.143. The first-order valence-electron chi connectivity index (χ1n) is 11.6. The molecule has 1 atom stereocenters. The summed E-state index contributed by atoms with van der Waals surface area (Å²) in [4.78, 5) is 12.3. The Kier molecular flexibility index (Phi) is 14.5. The van der Waals surface area contributed by atoms with Gasteiger partial charge in [0, 0.05) is 12.7 Å². The number of ether oxygens (including phenoxy) is 1. The van der Waals surface area contributed by atoms with E-state index in [0.717, 1.165) is 57.8 Å². The fourth-order valence-electron chi connectivity index (χ4n) is 3.44. The van der Waals surface area contributed by atoms with E-state index in [9.17, 15) is 15.0 Å². The normalized spacial score (nSPS) is 12.3. The lowest BCUT2D eigenvalue weighted by Crippen LogP contribution is -2.17. The number of rotatable bonds is 17. The zero-order valence-electron chi connectivity index (χ0n) is 18.5. The second kappa shape index (κ2) is 16.8. The summed E-state index contributed by atoms with van der Waals surface area (Å²) < 4.78 is 5.71. The maximum absolute atomic E-state index is 12.3. The molecule has 1 aromatic carbocycles. The van der Waals surface area contributed by atoms with Gasteiger partial charge in [0.05, 0.1) is 0 Å². The highest BCUT2D eigenvalue weighted by atomic mass is 16.5. The summed E-state index contributed by atoms with van der Waals surface area (Å²) in [6, 6.07) is 4.42. The first-order valence-corrected chi connectivity index (χ1v) is 11.6. The van der Waals surface area contributed by atoms with E-state index in [0.29, 0.717) is 5.56 Å². The van der Waals surface area contributed by atoms with E-state index in [1.54, 1.807) is 12.1 Å². The topological polar surface area (TPSA) is 87.0 Å². The molecule has 1 aromatic rings. The average Bonchev–Trinajstić information content (AvgIpc) is 2.73. The highest BCUT2D eigenvalue weighted by Gasteiger charge is 2.13. The highest BCUT2D eigenvalue weighted by Crippen LogP contribution is 2.25. The van der Waals surface area contributed by atoms with Gasteiger partial charge >= 0.3 is 5.97 Å². The molecule has 3 N–H and O–H groups in total. The molecular formula is C25H40O5. The standard InChI is InChI=1S/C25H40O5/c1-2-3-4-7-10-13-22(14-11-8-5-6-9-12-19-26)30-25(29)18-16-21-15-17-23(27)24(28)20-21/h15-18,20,22,26-28H,2-14,19H2,1H3/b18-16+. The Hall–Kier alpha value is -2.01. The third-order valence-corrected chi connectivity index (χ3v) is 5.26. The van der Waals surface area contributed by atoms with Crippen LogP contribution in [-0.2, 0) is 9.53 Å². The number of phenolic OH excluding ortho intramolecular Hbond substituents is 2. The quantitative estimate of drug-likeness (QED) is 0.123. The number of carbonyl (C=O) groups is 1. The third-order valence-electron chi connectivity index (χ3n) is 5.26. The maximum atomic E-state index is 12.3. The number of aliphatic hydroxyl groups is 1. The van der Waals surface area contributed by atoms with Crippen molar-refractivity contribution < 1.29 is 24.9 Å². The van der Waals surface area contributed by atoms with Crippen LogP contribution in [0.3, 0.4) is 0 Å². The SMILES string of the molecule is CCCCCCCC(CCCCCCCCO)OC(=O)/C=C/c1ccc(O)c(O)c1. The number of hydrogen-bond donors (Lipinski definition) is 3. The van der Waals surface area contributed by atoms with E-state index >= 15 is 0 Å². The summed E-state index contributed by atoms with van der Waals surface area (Å²) in [5, 5.41) is 27.7. The number of benzene rings is 1. The Morgan fingerprint density at radius 3 is 2.10 bits per heavy atom. The van der Waals surface area contributed by atoms with Crippen LogP contribution >= 0.6 is 0 Å². The van der Waals surface area contributed by atoms with Crippen LogP contribution in [0, 0.1) is 0 Å². The number of carbonyl (C=O) groups excluding carboxylic acids is 1. The fraction of sp³-hybridized carbons (Fsp3) is 0.640. The van der Waals surface area contributed by atoms with Crippen molar-refractivity contribution in [1.29, 1.82) is 0 Å². The smallest absolute Gasteiger partial charge is 0.331 e. The van der Waals surface area contributed by atoms with Crippen molar-refractivity contribution in [2.24, 2.45) is 0 Å². The third kappa shape index (κ3) is 12.5. The molecule has 0 aliphatic rings. The van der Waals surface area contributed by atoms with E-state index < -0.39 is 0 Å². The van der Waals surface area contributed by atoms with Crippen molar-refractivity contribution in [2.45, 2.75) is 96.5 Å². The van der Waals surface area contributed by atoms with E-state index in [4.69, 9.17) is 9.84 Å². The second-order valence-corrected chi connectivity index (χ2v) is 7.98. The summed E-state index contributed by atoms with van der Waals surface area (Å²) in [5.74, 6) is -0.771. The first-order chi connectivity index (χ1) is 14.6. The Bertz CT molecular complexity index is 612. The molecular weight excluding hydrogens is 380 g/mol. The molecule has 0 bridgehead atoms. The van der Waals surface area contributed by atoms with E-state index in [1.807, 2.05) is 0 Å². The molecule has 0 saturated heterocycles. The van der Waals surface area contributed by atoms with Gasteiger partial charge in [0.1, 0.15) is 6.10 Å². The van der Waals surface area contributed by atoms with Crippen molar-refractivity contribution in [3.8, 4) is 11.5 Å². The summed E-state index contributed by atoms with van der Waals surface area (Å²) in [6.45, 7) is 2.47. The lowest BCUT2D eigenvalue weighted by Gasteiger charge is -2.17. The van der Waals surface area contributed by atoms with Crippen molar-refractivity contribution in [2.75, 3.05) is 6.61 Å². The van der Waals surface area contributed by atoms with Gasteiger partial charge in [0.2, 0.25) is 0 Å². The summed E-state index contributed by atoms with van der Waals surface area (Å²) in [7, 11) is 0. The Balaban J connectivity index is 2.45. The molecule has 0 fully saturated rings. The Labute approximate surface area is 181 Å². The predicted molar refractivity (Wildman–Crippen MR) is 121 cm³/mol. The molecule has 0 aliphatic carbocycles. The maximum Gasteiger partial charge on any atom is 0.331 e. The van der Waals surface area contributed by atoms with E-state index in [2.05, 4.69) is 6.92 Å². The molecule has 0 heterocycles. The molecule has 0 spiro atoms. The number of unbranched alkanes of at least 4 members (excludes halogenated alkanes) is 9. The van der Waals surface area contributed by atoms with Gasteiger partial charge in [-0.15, -0.1) is 0 Å². The minimum atomic E-state index is -0.371. The largest absolute Gasteiger partial charge is 0.504 e. The molecule has 0 saturated carbocycles. The van der Waals surface area contributed by atoms with E-state index in [1.165, 1.54) is 43.9 Å². The number of hydrogen-bond acceptors (Lipinski definition) is 5. The van der Waals surface area contributed by atoms with Gasteiger partial charge in [-0.2, -0.15) is 0 Å². The summed E-state index contributed by atoms with van der Waals surface area (Å²) in [6.07, 6.45) is 17.0. The monoisotopic (exact) mass is 420 g/mol. The Morgan fingerprint density at radius 2 is 1.50 bits per heavy atom. The van der Waals surface area contributed by atoms with Crippen LogP contribution in [0.4, 0.5) is 0 Å². The summed E-state index contributed by atoms with van der Waals surface area (Å²) >= 11 is 0. The molecule has 1 unspecified atom stereocenters. The van der Waals surface area contributed by atoms with Gasteiger partial charge in [0.15, 0.2) is 11.5 Å². The zero-order valence-corrected chi connectivity index (χ0v) is 18.5. The number of aromatic hydroxyl groups is 2. The molecule has 5 heteroatoms. The van der Waals surface area contributed by atoms with Crippen LogP contribution in [-0.4, -0.2) is 34.0 Å². The van der Waals surface area contributed by atoms with Crippen LogP contribution in [0.1, 0.15) is 96.0 Å². The highest BCUT2D eigenvalue weighted by molar-refractivity contribution is 5.87. The Morgan fingerprint density at radius 1 is 0.900 bits per heavy atom. The van der Waals surface area contributed by atoms with Gasteiger partial charge in [-0.3, -0.25) is 0 Å². The zero-order chi connectivity index (χ0) is 22.0. The minimum Gasteiger partial charge on any atom is -0.504 e. The molecule has 0 radical (unpaired) electrons. The predicted octanol–water partition coefficient (Wildman–Crippen LogP) is 6.11. The molecule has 1 rings (SSSR count). The molecule has 30 heavy (non-hydrogen) atoms. The first kappa shape index (κ1) is 26.0. The van der Waals surface area contributed by atoms with Gasteiger partial charge in [-0.1, -0.05) is 64.4 Å².